The number of nitrogens with zero attached hydrogens (tertiary/aromatic N) is 1. The molecule has 0 aromatic heterocycles. The van der Waals surface area contributed by atoms with Gasteiger partial charge in [-0.1, -0.05) is 12.1 Å². The number of ether oxygens (including phenoxy) is 1. The molecule has 2 aromatic rings. The smallest absolute Gasteiger partial charge is 0.311 e. The van der Waals surface area contributed by atoms with Crippen LogP contribution in [0, 0.1) is 21.7 Å². The van der Waals surface area contributed by atoms with Crippen LogP contribution < -0.4 is 4.74 Å². The van der Waals surface area contributed by atoms with Crippen LogP contribution in [0.5, 0.6) is 11.5 Å². The van der Waals surface area contributed by atoms with E-state index in [2.05, 4.69) is 0 Å². The quantitative estimate of drug-likeness (QED) is 0.477. The Balaban J connectivity index is 2.50. The van der Waals surface area contributed by atoms with Crippen LogP contribution in [0.2, 0.25) is 0 Å². The average molecular weight is 300 g/mol. The number of hydrogen-bond acceptors (Lipinski definition) is 3. The van der Waals surface area contributed by atoms with Crippen LogP contribution in [-0.2, 0) is 5.88 Å². The highest BCUT2D eigenvalue weighted by molar-refractivity contribution is 6.17. The number of nitro groups is 1. The van der Waals surface area contributed by atoms with Gasteiger partial charge in [0.15, 0.2) is 11.6 Å². The van der Waals surface area contributed by atoms with E-state index < -0.39 is 22.2 Å². The molecule has 0 atom stereocenters. The Kier molecular flexibility index (Phi) is 4.14. The fourth-order valence-corrected chi connectivity index (χ4v) is 1.81. The molecule has 0 fully saturated rings. The van der Waals surface area contributed by atoms with Gasteiger partial charge in [0.05, 0.1) is 10.8 Å². The molecule has 0 aliphatic heterocycles. The van der Waals surface area contributed by atoms with Gasteiger partial charge >= 0.3 is 5.69 Å². The van der Waals surface area contributed by atoms with Gasteiger partial charge in [-0.2, -0.15) is 0 Å². The topological polar surface area (TPSA) is 52.4 Å². The Bertz CT molecular complexity index is 664. The molecule has 0 N–H and O–H groups in total. The molecule has 2 rings (SSSR count). The SMILES string of the molecule is O=[N+]([O-])c1ccc(F)cc1Oc1c(F)cccc1CCl. The van der Waals surface area contributed by atoms with E-state index in [0.29, 0.717) is 5.56 Å². The van der Waals surface area contributed by atoms with Gasteiger partial charge in [-0.3, -0.25) is 10.1 Å². The number of halogens is 3. The molecular formula is C13H8ClF2NO3. The van der Waals surface area contributed by atoms with E-state index in [-0.39, 0.29) is 17.4 Å². The Labute approximate surface area is 117 Å². The van der Waals surface area contributed by atoms with Crippen LogP contribution >= 0.6 is 11.6 Å². The van der Waals surface area contributed by atoms with Gasteiger partial charge in [0.1, 0.15) is 5.82 Å². The summed E-state index contributed by atoms with van der Waals surface area (Å²) < 4.78 is 32.0. The van der Waals surface area contributed by atoms with Crippen molar-refractivity contribution in [3.8, 4) is 11.5 Å². The molecule has 0 heterocycles. The summed E-state index contributed by atoms with van der Waals surface area (Å²) >= 11 is 5.65. The third kappa shape index (κ3) is 2.85. The first-order valence-corrected chi connectivity index (χ1v) is 6.01. The van der Waals surface area contributed by atoms with E-state index in [1.807, 2.05) is 0 Å². The summed E-state index contributed by atoms with van der Waals surface area (Å²) in [6.45, 7) is 0. The minimum Gasteiger partial charge on any atom is -0.447 e. The highest BCUT2D eigenvalue weighted by atomic mass is 35.5. The van der Waals surface area contributed by atoms with Crippen molar-refractivity contribution >= 4 is 17.3 Å². The van der Waals surface area contributed by atoms with Crippen LogP contribution in [0.3, 0.4) is 0 Å². The molecule has 7 heteroatoms. The molecule has 0 radical (unpaired) electrons. The van der Waals surface area contributed by atoms with Crippen LogP contribution in [-0.4, -0.2) is 4.92 Å². The molecule has 20 heavy (non-hydrogen) atoms. The molecule has 0 saturated carbocycles. The fraction of sp³-hybridized carbons (Fsp3) is 0.0769. The highest BCUT2D eigenvalue weighted by Crippen LogP contribution is 2.35. The normalized spacial score (nSPS) is 10.3. The first-order valence-electron chi connectivity index (χ1n) is 5.48. The molecule has 0 aliphatic carbocycles. The molecule has 0 spiro atoms. The van der Waals surface area contributed by atoms with Gasteiger partial charge in [0.2, 0.25) is 5.75 Å². The van der Waals surface area contributed by atoms with Crippen molar-refractivity contribution in [1.29, 1.82) is 0 Å². The number of para-hydroxylation sites is 1. The summed E-state index contributed by atoms with van der Waals surface area (Å²) in [4.78, 5) is 10.1. The van der Waals surface area contributed by atoms with Gasteiger partial charge in [-0.05, 0) is 12.1 Å². The zero-order valence-corrected chi connectivity index (χ0v) is 10.7. The Morgan fingerprint density at radius 2 is 2.00 bits per heavy atom. The Hall–Kier alpha value is -2.21. The number of hydrogen-bond donors (Lipinski definition) is 0. The summed E-state index contributed by atoms with van der Waals surface area (Å²) in [5.41, 5.74) is -0.152. The first kappa shape index (κ1) is 14.2. The third-order valence-corrected chi connectivity index (χ3v) is 2.81. The van der Waals surface area contributed by atoms with Gasteiger partial charge in [-0.25, -0.2) is 8.78 Å². The van der Waals surface area contributed by atoms with E-state index in [4.69, 9.17) is 16.3 Å². The molecule has 104 valence electrons. The molecule has 4 nitrogen and oxygen atoms in total. The fourth-order valence-electron chi connectivity index (χ4n) is 1.60. The molecule has 0 amide bonds. The zero-order valence-electron chi connectivity index (χ0n) is 9.98. The van der Waals surface area contributed by atoms with Crippen molar-refractivity contribution < 1.29 is 18.4 Å². The minimum atomic E-state index is -0.740. The Morgan fingerprint density at radius 3 is 2.65 bits per heavy atom. The molecule has 0 saturated heterocycles. The van der Waals surface area contributed by atoms with E-state index >= 15 is 0 Å². The minimum absolute atomic E-state index is 0.0454. The van der Waals surface area contributed by atoms with Crippen LogP contribution in [0.1, 0.15) is 5.56 Å². The number of alkyl halides is 1. The third-order valence-electron chi connectivity index (χ3n) is 2.52. The van der Waals surface area contributed by atoms with E-state index in [1.54, 1.807) is 0 Å². The average Bonchev–Trinajstić information content (AvgIpc) is 2.40. The van der Waals surface area contributed by atoms with Crippen molar-refractivity contribution in [2.24, 2.45) is 0 Å². The van der Waals surface area contributed by atoms with Gasteiger partial charge < -0.3 is 4.74 Å². The van der Waals surface area contributed by atoms with Crippen molar-refractivity contribution in [3.63, 3.8) is 0 Å². The van der Waals surface area contributed by atoms with Crippen LogP contribution in [0.15, 0.2) is 36.4 Å². The number of nitro benzene ring substituents is 1. The predicted molar refractivity (Wildman–Crippen MR) is 69.1 cm³/mol. The standard InChI is InChI=1S/C13H8ClF2NO3/c14-7-8-2-1-3-10(16)13(8)20-12-6-9(15)4-5-11(12)17(18)19/h1-6H,7H2. The lowest BCUT2D eigenvalue weighted by Gasteiger charge is -2.10. The van der Waals surface area contributed by atoms with Crippen molar-refractivity contribution in [1.82, 2.24) is 0 Å². The lowest BCUT2D eigenvalue weighted by Crippen LogP contribution is -1.98. The second kappa shape index (κ2) is 5.83. The number of benzene rings is 2. The summed E-state index contributed by atoms with van der Waals surface area (Å²) in [5.74, 6) is -2.14. The Morgan fingerprint density at radius 1 is 1.25 bits per heavy atom. The summed E-state index contributed by atoms with van der Waals surface area (Å²) in [5, 5.41) is 10.8. The maximum absolute atomic E-state index is 13.7. The van der Waals surface area contributed by atoms with E-state index in [0.717, 1.165) is 24.3 Å². The van der Waals surface area contributed by atoms with Gasteiger partial charge in [0, 0.05) is 17.7 Å². The summed E-state index contributed by atoms with van der Waals surface area (Å²) in [7, 11) is 0. The number of rotatable bonds is 4. The summed E-state index contributed by atoms with van der Waals surface area (Å²) in [6.07, 6.45) is 0. The molecule has 0 aliphatic rings. The molecular weight excluding hydrogens is 292 g/mol. The van der Waals surface area contributed by atoms with Crippen molar-refractivity contribution in [2.75, 3.05) is 0 Å². The molecule has 0 bridgehead atoms. The monoisotopic (exact) mass is 299 g/mol. The first-order chi connectivity index (χ1) is 9.52. The van der Waals surface area contributed by atoms with E-state index in [9.17, 15) is 18.9 Å². The van der Waals surface area contributed by atoms with Crippen LogP contribution in [0.25, 0.3) is 0 Å². The zero-order chi connectivity index (χ0) is 14.7. The predicted octanol–water partition coefficient (Wildman–Crippen LogP) is 4.40. The lowest BCUT2D eigenvalue weighted by molar-refractivity contribution is -0.385. The van der Waals surface area contributed by atoms with Crippen molar-refractivity contribution in [2.45, 2.75) is 5.88 Å². The summed E-state index contributed by atoms with van der Waals surface area (Å²) in [6, 6.07) is 6.76. The maximum Gasteiger partial charge on any atom is 0.311 e. The molecule has 2 aromatic carbocycles. The van der Waals surface area contributed by atoms with Crippen LogP contribution in [0.4, 0.5) is 14.5 Å². The van der Waals surface area contributed by atoms with E-state index in [1.165, 1.54) is 12.1 Å². The van der Waals surface area contributed by atoms with Gasteiger partial charge in [0.25, 0.3) is 0 Å². The maximum atomic E-state index is 13.7. The second-order valence-electron chi connectivity index (χ2n) is 3.83. The highest BCUT2D eigenvalue weighted by Gasteiger charge is 2.19. The largest absolute Gasteiger partial charge is 0.447 e. The molecule has 0 unspecified atom stereocenters. The van der Waals surface area contributed by atoms with Crippen molar-refractivity contribution in [3.05, 3.63) is 63.7 Å². The second-order valence-corrected chi connectivity index (χ2v) is 4.10. The lowest BCUT2D eigenvalue weighted by atomic mass is 10.2. The van der Waals surface area contributed by atoms with Gasteiger partial charge in [-0.15, -0.1) is 11.6 Å².